The number of allylic oxidation sites excluding steroid dienone is 1. The molecule has 0 aromatic heterocycles. The van der Waals surface area contributed by atoms with E-state index in [9.17, 15) is 19.2 Å². The Labute approximate surface area is 150 Å². The van der Waals surface area contributed by atoms with Gasteiger partial charge >= 0.3 is 11.9 Å². The van der Waals surface area contributed by atoms with Crippen molar-refractivity contribution >= 4 is 23.8 Å². The van der Waals surface area contributed by atoms with Gasteiger partial charge in [-0.1, -0.05) is 17.2 Å². The molecule has 3 saturated carbocycles. The number of esters is 1. The van der Waals surface area contributed by atoms with Crippen molar-refractivity contribution in [3.05, 3.63) is 23.3 Å². The smallest absolute Gasteiger partial charge is 0.339 e. The van der Waals surface area contributed by atoms with E-state index in [4.69, 9.17) is 9.57 Å². The number of hydrogen-bond acceptors (Lipinski definition) is 6. The van der Waals surface area contributed by atoms with Gasteiger partial charge in [-0.3, -0.25) is 14.4 Å². The number of fused-ring (bicyclic) bond motifs is 3. The molecule has 0 unspecified atom stereocenters. The van der Waals surface area contributed by atoms with E-state index in [1.807, 2.05) is 6.08 Å². The average Bonchev–Trinajstić information content (AvgIpc) is 2.94. The summed E-state index contributed by atoms with van der Waals surface area (Å²) in [7, 11) is 1.38. The highest BCUT2D eigenvalue weighted by Gasteiger charge is 2.58. The Morgan fingerprint density at radius 3 is 2.08 bits per heavy atom. The number of carbonyl (C=O) groups excluding carboxylic acids is 4. The van der Waals surface area contributed by atoms with Gasteiger partial charge in [-0.2, -0.15) is 0 Å². The third-order valence-corrected chi connectivity index (χ3v) is 6.50. The first-order valence-electron chi connectivity index (χ1n) is 9.02. The van der Waals surface area contributed by atoms with Gasteiger partial charge in [-0.25, -0.2) is 4.79 Å². The van der Waals surface area contributed by atoms with Crippen LogP contribution in [0.2, 0.25) is 0 Å². The molecule has 1 heterocycles. The first kappa shape index (κ1) is 17.0. The van der Waals surface area contributed by atoms with E-state index in [0.717, 1.165) is 0 Å². The number of hydroxylamine groups is 2. The molecule has 1 aliphatic heterocycles. The number of nitrogens with zero attached hydrogens (tertiary/aromatic N) is 1. The lowest BCUT2D eigenvalue weighted by atomic mass is 9.53. The van der Waals surface area contributed by atoms with Gasteiger partial charge in [0.2, 0.25) is 0 Å². The van der Waals surface area contributed by atoms with Crippen molar-refractivity contribution in [2.45, 2.75) is 51.4 Å². The van der Waals surface area contributed by atoms with Gasteiger partial charge in [0.15, 0.2) is 0 Å². The highest BCUT2D eigenvalue weighted by Crippen LogP contribution is 2.58. The molecule has 3 fully saturated rings. The van der Waals surface area contributed by atoms with Gasteiger partial charge in [0.25, 0.3) is 11.8 Å². The molecular formula is C19H21NO6. The molecule has 0 N–H and O–H groups in total. The summed E-state index contributed by atoms with van der Waals surface area (Å²) in [5.41, 5.74) is -0.486. The second-order valence-corrected chi connectivity index (χ2v) is 7.67. The Bertz CT molecular complexity index is 752. The molecule has 0 atom stereocenters. The van der Waals surface area contributed by atoms with Crippen LogP contribution in [-0.2, 0) is 28.8 Å². The Morgan fingerprint density at radius 2 is 1.54 bits per heavy atom. The molecule has 2 bridgehead atoms. The number of hydrogen-bond donors (Lipinski definition) is 0. The Kier molecular flexibility index (Phi) is 3.78. The molecule has 5 rings (SSSR count). The summed E-state index contributed by atoms with van der Waals surface area (Å²) in [6, 6.07) is 0. The molecule has 4 aliphatic carbocycles. The fourth-order valence-electron chi connectivity index (χ4n) is 4.69. The molecule has 0 aromatic rings. The lowest BCUT2D eigenvalue weighted by Crippen LogP contribution is -2.51. The first-order valence-corrected chi connectivity index (χ1v) is 9.02. The maximum atomic E-state index is 12.9. The molecule has 5 aliphatic rings. The maximum Gasteiger partial charge on any atom is 0.339 e. The lowest BCUT2D eigenvalue weighted by Gasteiger charge is -2.49. The van der Waals surface area contributed by atoms with E-state index in [0.29, 0.717) is 67.6 Å². The van der Waals surface area contributed by atoms with Crippen LogP contribution >= 0.6 is 0 Å². The average molecular weight is 359 g/mol. The van der Waals surface area contributed by atoms with Crippen LogP contribution in [-0.4, -0.2) is 35.9 Å². The summed E-state index contributed by atoms with van der Waals surface area (Å²) >= 11 is 0. The number of carbonyl (C=O) groups is 4. The molecule has 0 aromatic carbocycles. The van der Waals surface area contributed by atoms with E-state index in [1.165, 1.54) is 7.11 Å². The highest BCUT2D eigenvalue weighted by atomic mass is 16.7. The second-order valence-electron chi connectivity index (χ2n) is 7.67. The minimum atomic E-state index is -0.727. The van der Waals surface area contributed by atoms with Gasteiger partial charge in [-0.05, 0) is 51.4 Å². The third kappa shape index (κ3) is 2.26. The van der Waals surface area contributed by atoms with Crippen molar-refractivity contribution in [2.24, 2.45) is 10.8 Å². The molecule has 7 heteroatoms. The summed E-state index contributed by atoms with van der Waals surface area (Å²) in [6.07, 6.45) is 7.84. The van der Waals surface area contributed by atoms with Crippen LogP contribution in [0, 0.1) is 10.8 Å². The minimum Gasteiger partial charge on any atom is -0.469 e. The maximum absolute atomic E-state index is 12.9. The van der Waals surface area contributed by atoms with Crippen LogP contribution in [0.25, 0.3) is 0 Å². The van der Waals surface area contributed by atoms with Crippen molar-refractivity contribution in [3.63, 3.8) is 0 Å². The molecule has 0 saturated heterocycles. The summed E-state index contributed by atoms with van der Waals surface area (Å²) in [4.78, 5) is 55.1. The van der Waals surface area contributed by atoms with E-state index >= 15 is 0 Å². The number of imide groups is 1. The molecule has 0 spiro atoms. The molecule has 26 heavy (non-hydrogen) atoms. The van der Waals surface area contributed by atoms with Gasteiger partial charge in [0.05, 0.1) is 23.5 Å². The van der Waals surface area contributed by atoms with Gasteiger partial charge in [0, 0.05) is 5.57 Å². The largest absolute Gasteiger partial charge is 0.469 e. The quantitative estimate of drug-likeness (QED) is 0.565. The Balaban J connectivity index is 1.47. The first-order chi connectivity index (χ1) is 12.4. The predicted molar refractivity (Wildman–Crippen MR) is 87.9 cm³/mol. The van der Waals surface area contributed by atoms with Crippen LogP contribution in [0.1, 0.15) is 51.4 Å². The van der Waals surface area contributed by atoms with Crippen molar-refractivity contribution in [1.82, 2.24) is 5.06 Å². The SMILES string of the molecule is COC(=O)C12CCC(C(=O)ON3C(=O)C4=C(CCC=C4)C3=O)(CC1)CC2. The number of rotatable bonds is 3. The highest BCUT2D eigenvalue weighted by molar-refractivity contribution is 6.20. The summed E-state index contributed by atoms with van der Waals surface area (Å²) in [6.45, 7) is 0. The van der Waals surface area contributed by atoms with E-state index in [2.05, 4.69) is 0 Å². The van der Waals surface area contributed by atoms with Crippen molar-refractivity contribution in [2.75, 3.05) is 7.11 Å². The normalized spacial score (nSPS) is 32.7. The standard InChI is InChI=1S/C19H21NO6/c1-25-16(23)18-6-9-19(10-7-18,11-8-18)17(24)26-20-14(21)12-4-2-3-5-13(12)15(20)22/h2,4H,3,5-11H2,1H3. The number of amides is 2. The Morgan fingerprint density at radius 1 is 0.962 bits per heavy atom. The lowest BCUT2D eigenvalue weighted by molar-refractivity contribution is -0.211. The van der Waals surface area contributed by atoms with E-state index < -0.39 is 28.6 Å². The summed E-state index contributed by atoms with van der Waals surface area (Å²) in [5.74, 6) is -1.86. The zero-order valence-corrected chi connectivity index (χ0v) is 14.7. The van der Waals surface area contributed by atoms with Crippen LogP contribution < -0.4 is 0 Å². The van der Waals surface area contributed by atoms with Gasteiger partial charge in [0.1, 0.15) is 0 Å². The van der Waals surface area contributed by atoms with Gasteiger partial charge < -0.3 is 9.57 Å². The molecule has 138 valence electrons. The van der Waals surface area contributed by atoms with Crippen LogP contribution in [0.15, 0.2) is 23.3 Å². The molecule has 0 radical (unpaired) electrons. The fourth-order valence-corrected chi connectivity index (χ4v) is 4.69. The molecular weight excluding hydrogens is 338 g/mol. The van der Waals surface area contributed by atoms with Crippen LogP contribution in [0.5, 0.6) is 0 Å². The fraction of sp³-hybridized carbons (Fsp3) is 0.579. The summed E-state index contributed by atoms with van der Waals surface area (Å²) in [5, 5.41) is 0.619. The number of methoxy groups -OCH3 is 1. The predicted octanol–water partition coefficient (Wildman–Crippen LogP) is 1.97. The zero-order chi connectivity index (χ0) is 18.5. The van der Waals surface area contributed by atoms with E-state index in [1.54, 1.807) is 6.08 Å². The van der Waals surface area contributed by atoms with E-state index in [-0.39, 0.29) is 5.97 Å². The monoisotopic (exact) mass is 359 g/mol. The van der Waals surface area contributed by atoms with Crippen LogP contribution in [0.3, 0.4) is 0 Å². The van der Waals surface area contributed by atoms with Crippen LogP contribution in [0.4, 0.5) is 0 Å². The number of ether oxygens (including phenoxy) is 1. The summed E-state index contributed by atoms with van der Waals surface area (Å²) < 4.78 is 4.93. The van der Waals surface area contributed by atoms with Crippen molar-refractivity contribution in [1.29, 1.82) is 0 Å². The van der Waals surface area contributed by atoms with Crippen molar-refractivity contribution in [3.8, 4) is 0 Å². The Hall–Kier alpha value is -2.44. The van der Waals surface area contributed by atoms with Crippen molar-refractivity contribution < 1.29 is 28.8 Å². The molecule has 2 amide bonds. The third-order valence-electron chi connectivity index (χ3n) is 6.50. The topological polar surface area (TPSA) is 90.0 Å². The second kappa shape index (κ2) is 5.79. The zero-order valence-electron chi connectivity index (χ0n) is 14.7. The van der Waals surface area contributed by atoms with Gasteiger partial charge in [-0.15, -0.1) is 0 Å². The minimum absolute atomic E-state index is 0.215. The molecule has 7 nitrogen and oxygen atoms in total.